The zero-order valence-electron chi connectivity index (χ0n) is 10.7. The van der Waals surface area contributed by atoms with Crippen molar-refractivity contribution < 1.29 is 18.7 Å². The molecule has 2 N–H and O–H groups in total. The number of aliphatic hydroxyl groups excluding tert-OH is 1. The number of halogens is 2. The number of aromatic nitrogens is 1. The van der Waals surface area contributed by atoms with Gasteiger partial charge in [-0.15, -0.1) is 0 Å². The molecule has 0 aliphatic heterocycles. The Labute approximate surface area is 119 Å². The van der Waals surface area contributed by atoms with Gasteiger partial charge in [0.05, 0.1) is 11.1 Å². The maximum atomic E-state index is 13.0. The Morgan fingerprint density at radius 2 is 2.25 bits per heavy atom. The molecule has 1 aromatic heterocycles. The van der Waals surface area contributed by atoms with Gasteiger partial charge in [-0.2, -0.15) is 0 Å². The summed E-state index contributed by atoms with van der Waals surface area (Å²) in [6.07, 6.45) is 1.41. The lowest BCUT2D eigenvalue weighted by Gasteiger charge is -2.26. The fraction of sp³-hybridized carbons (Fsp3) is 0.538. The summed E-state index contributed by atoms with van der Waals surface area (Å²) in [4.78, 5) is 16.6. The highest BCUT2D eigenvalue weighted by molar-refractivity contribution is 7.16. The van der Waals surface area contributed by atoms with E-state index in [2.05, 4.69) is 22.1 Å². The van der Waals surface area contributed by atoms with Crippen LogP contribution < -0.4 is 5.32 Å². The van der Waals surface area contributed by atoms with E-state index in [9.17, 15) is 13.6 Å². The summed E-state index contributed by atoms with van der Waals surface area (Å²) in [5.74, 6) is 1.88. The van der Waals surface area contributed by atoms with Crippen molar-refractivity contribution in [3.63, 3.8) is 0 Å². The minimum atomic E-state index is -2.63. The fourth-order valence-corrected chi connectivity index (χ4v) is 2.72. The monoisotopic (exact) mass is 300 g/mol. The number of carbonyl (C=O) groups is 1. The Morgan fingerprint density at radius 3 is 2.90 bits per heavy atom. The van der Waals surface area contributed by atoms with Crippen LogP contribution in [-0.4, -0.2) is 28.5 Å². The van der Waals surface area contributed by atoms with Crippen LogP contribution in [0.3, 0.4) is 0 Å². The van der Waals surface area contributed by atoms with E-state index >= 15 is 0 Å². The zero-order valence-corrected chi connectivity index (χ0v) is 11.5. The van der Waals surface area contributed by atoms with Crippen LogP contribution in [0.25, 0.3) is 0 Å². The van der Waals surface area contributed by atoms with E-state index in [4.69, 9.17) is 5.11 Å². The fourth-order valence-electron chi connectivity index (χ4n) is 2.03. The molecule has 20 heavy (non-hydrogen) atoms. The molecule has 0 aromatic carbocycles. The minimum Gasteiger partial charge on any atom is -0.384 e. The number of amides is 1. The summed E-state index contributed by atoms with van der Waals surface area (Å²) >= 11 is 1.19. The van der Waals surface area contributed by atoms with Gasteiger partial charge in [0.2, 0.25) is 11.8 Å². The highest BCUT2D eigenvalue weighted by Gasteiger charge is 2.37. The molecule has 0 radical (unpaired) electrons. The molecule has 7 heteroatoms. The number of rotatable bonds is 2. The van der Waals surface area contributed by atoms with Gasteiger partial charge >= 0.3 is 0 Å². The third-order valence-corrected chi connectivity index (χ3v) is 3.94. The quantitative estimate of drug-likeness (QED) is 0.824. The molecular formula is C13H14F2N2O2S. The Hall–Kier alpha value is -1.52. The average molecular weight is 300 g/mol. The summed E-state index contributed by atoms with van der Waals surface area (Å²) in [6, 6.07) is 0. The SMILES string of the molecule is O=C(Nc1ncc(C#CCO)s1)C1CCC(F)(F)CC1. The van der Waals surface area contributed by atoms with Gasteiger partial charge in [0, 0.05) is 18.8 Å². The number of carbonyl (C=O) groups excluding carboxylic acids is 1. The molecule has 1 aliphatic carbocycles. The van der Waals surface area contributed by atoms with Crippen LogP contribution in [0.1, 0.15) is 30.6 Å². The topological polar surface area (TPSA) is 62.2 Å². The lowest BCUT2D eigenvalue weighted by Crippen LogP contribution is -2.31. The number of nitrogens with zero attached hydrogens (tertiary/aromatic N) is 1. The van der Waals surface area contributed by atoms with Gasteiger partial charge in [0.25, 0.3) is 0 Å². The summed E-state index contributed by atoms with van der Waals surface area (Å²) in [7, 11) is 0. The lowest BCUT2D eigenvalue weighted by molar-refractivity contribution is -0.124. The maximum absolute atomic E-state index is 13.0. The molecule has 1 saturated carbocycles. The first-order chi connectivity index (χ1) is 9.50. The zero-order chi connectivity index (χ0) is 14.6. The van der Waals surface area contributed by atoms with Crippen LogP contribution in [0.2, 0.25) is 0 Å². The highest BCUT2D eigenvalue weighted by Crippen LogP contribution is 2.36. The van der Waals surface area contributed by atoms with Crippen molar-refractivity contribution >= 4 is 22.4 Å². The lowest BCUT2D eigenvalue weighted by atomic mass is 9.86. The molecule has 1 aliphatic rings. The third-order valence-electron chi connectivity index (χ3n) is 3.11. The minimum absolute atomic E-state index is 0.196. The van der Waals surface area contributed by atoms with Gasteiger partial charge in [-0.05, 0) is 12.8 Å². The van der Waals surface area contributed by atoms with Crippen molar-refractivity contribution in [3.05, 3.63) is 11.1 Å². The van der Waals surface area contributed by atoms with E-state index in [1.165, 1.54) is 17.5 Å². The predicted molar refractivity (Wildman–Crippen MR) is 71.6 cm³/mol. The van der Waals surface area contributed by atoms with E-state index in [1.807, 2.05) is 0 Å². The van der Waals surface area contributed by atoms with Gasteiger partial charge in [-0.3, -0.25) is 4.79 Å². The molecule has 0 atom stereocenters. The van der Waals surface area contributed by atoms with Crippen LogP contribution in [-0.2, 0) is 4.79 Å². The Kier molecular flexibility index (Phi) is 4.68. The second-order valence-electron chi connectivity index (χ2n) is 4.61. The van der Waals surface area contributed by atoms with E-state index < -0.39 is 5.92 Å². The molecule has 1 amide bonds. The van der Waals surface area contributed by atoms with Crippen molar-refractivity contribution in [2.24, 2.45) is 5.92 Å². The molecule has 1 heterocycles. The third kappa shape index (κ3) is 3.99. The Balaban J connectivity index is 1.90. The number of alkyl halides is 2. The molecule has 0 saturated heterocycles. The van der Waals surface area contributed by atoms with Gasteiger partial charge < -0.3 is 10.4 Å². The smallest absolute Gasteiger partial charge is 0.248 e. The summed E-state index contributed by atoms with van der Waals surface area (Å²) in [5.41, 5.74) is 0. The second kappa shape index (κ2) is 6.29. The maximum Gasteiger partial charge on any atom is 0.248 e. The van der Waals surface area contributed by atoms with Gasteiger partial charge in [0.1, 0.15) is 6.61 Å². The first-order valence-corrected chi connectivity index (χ1v) is 7.06. The second-order valence-corrected chi connectivity index (χ2v) is 5.64. The van der Waals surface area contributed by atoms with Crippen molar-refractivity contribution in [2.45, 2.75) is 31.6 Å². The van der Waals surface area contributed by atoms with Crippen LogP contribution >= 0.6 is 11.3 Å². The number of aliphatic hydroxyl groups is 1. The highest BCUT2D eigenvalue weighted by atomic mass is 32.1. The van der Waals surface area contributed by atoms with Crippen LogP contribution in [0.5, 0.6) is 0 Å². The van der Waals surface area contributed by atoms with Crippen LogP contribution in [0.4, 0.5) is 13.9 Å². The van der Waals surface area contributed by atoms with E-state index in [1.54, 1.807) is 0 Å². The van der Waals surface area contributed by atoms with E-state index in [0.29, 0.717) is 10.0 Å². The van der Waals surface area contributed by atoms with Gasteiger partial charge in [-0.1, -0.05) is 23.2 Å². The normalized spacial score (nSPS) is 18.1. The number of nitrogens with one attached hydrogen (secondary N) is 1. The molecule has 0 bridgehead atoms. The molecule has 0 unspecified atom stereocenters. The molecule has 0 spiro atoms. The van der Waals surface area contributed by atoms with E-state index in [0.717, 1.165) is 0 Å². The Morgan fingerprint density at radius 1 is 1.55 bits per heavy atom. The molecule has 108 valence electrons. The summed E-state index contributed by atoms with van der Waals surface area (Å²) < 4.78 is 26.0. The molecule has 1 fully saturated rings. The number of anilines is 1. The first-order valence-electron chi connectivity index (χ1n) is 6.24. The predicted octanol–water partition coefficient (Wildman–Crippen LogP) is 2.25. The number of hydrogen-bond donors (Lipinski definition) is 2. The standard InChI is InChI=1S/C13H14F2N2O2S/c14-13(15)5-3-9(4-6-13)11(19)17-12-16-8-10(20-12)2-1-7-18/h8-9,18H,3-7H2,(H,16,17,19). The van der Waals surface area contributed by atoms with Crippen molar-refractivity contribution in [2.75, 3.05) is 11.9 Å². The van der Waals surface area contributed by atoms with Crippen LogP contribution in [0.15, 0.2) is 6.20 Å². The molecule has 4 nitrogen and oxygen atoms in total. The molecule has 2 rings (SSSR count). The van der Waals surface area contributed by atoms with Crippen molar-refractivity contribution in [3.8, 4) is 11.8 Å². The van der Waals surface area contributed by atoms with Crippen molar-refractivity contribution in [1.82, 2.24) is 4.98 Å². The Bertz CT molecular complexity index is 538. The summed E-state index contributed by atoms with van der Waals surface area (Å²) in [5, 5.41) is 11.6. The largest absolute Gasteiger partial charge is 0.384 e. The molecule has 1 aromatic rings. The summed E-state index contributed by atoms with van der Waals surface area (Å²) in [6.45, 7) is -0.240. The van der Waals surface area contributed by atoms with Gasteiger partial charge in [-0.25, -0.2) is 13.8 Å². The average Bonchev–Trinajstić information content (AvgIpc) is 2.83. The number of thiazole rings is 1. The van der Waals surface area contributed by atoms with E-state index in [-0.39, 0.29) is 44.1 Å². The van der Waals surface area contributed by atoms with Gasteiger partial charge in [0.15, 0.2) is 5.13 Å². The van der Waals surface area contributed by atoms with Crippen molar-refractivity contribution in [1.29, 1.82) is 0 Å². The first kappa shape index (κ1) is 14.9. The van der Waals surface area contributed by atoms with Crippen LogP contribution in [0, 0.1) is 17.8 Å². The molecular weight excluding hydrogens is 286 g/mol. The number of hydrogen-bond acceptors (Lipinski definition) is 4.